The van der Waals surface area contributed by atoms with Crippen LogP contribution in [0.1, 0.15) is 36.5 Å². The Morgan fingerprint density at radius 2 is 2.31 bits per heavy atom. The molecule has 1 aromatic heterocycles. The van der Waals surface area contributed by atoms with Crippen LogP contribution in [0.4, 0.5) is 11.5 Å². The Hall–Kier alpha value is -1.78. The molecule has 0 radical (unpaired) electrons. The highest BCUT2D eigenvalue weighted by Crippen LogP contribution is 2.16. The average molecular weight is 223 g/mol. The number of anilines is 2. The van der Waals surface area contributed by atoms with Crippen molar-refractivity contribution in [2.45, 2.75) is 26.2 Å². The van der Waals surface area contributed by atoms with E-state index in [0.29, 0.717) is 11.5 Å². The number of carbonyl (C=O) groups is 1. The van der Waals surface area contributed by atoms with Crippen molar-refractivity contribution in [1.29, 1.82) is 0 Å². The minimum Gasteiger partial charge on any atom is -0.478 e. The highest BCUT2D eigenvalue weighted by molar-refractivity contribution is 5.89. The number of nitrogens with one attached hydrogen (secondary N) is 1. The standard InChI is InChI=1S/C11H17N3O2/c1-2-3-4-5-13-10-9(12)6-8(7-14-10)11(15)16/h6-7H,2-5,12H2,1H3,(H,13,14)(H,15,16). The second kappa shape index (κ2) is 5.95. The van der Waals surface area contributed by atoms with Gasteiger partial charge in [-0.25, -0.2) is 9.78 Å². The molecule has 0 aliphatic rings. The molecule has 0 saturated heterocycles. The fourth-order valence-corrected chi connectivity index (χ4v) is 1.33. The predicted octanol–water partition coefficient (Wildman–Crippen LogP) is 1.96. The number of unbranched alkanes of at least 4 members (excludes halogenated alkanes) is 2. The van der Waals surface area contributed by atoms with Crippen LogP contribution >= 0.6 is 0 Å². The molecule has 0 amide bonds. The molecular formula is C11H17N3O2. The topological polar surface area (TPSA) is 88.2 Å². The van der Waals surface area contributed by atoms with Gasteiger partial charge in [-0.3, -0.25) is 0 Å². The predicted molar refractivity (Wildman–Crippen MR) is 63.6 cm³/mol. The number of hydrogen-bond donors (Lipinski definition) is 3. The van der Waals surface area contributed by atoms with E-state index in [-0.39, 0.29) is 5.56 Å². The lowest BCUT2D eigenvalue weighted by Crippen LogP contribution is -2.08. The summed E-state index contributed by atoms with van der Waals surface area (Å²) in [5.41, 5.74) is 6.17. The Labute approximate surface area is 94.7 Å². The smallest absolute Gasteiger partial charge is 0.337 e. The maximum absolute atomic E-state index is 10.6. The van der Waals surface area contributed by atoms with Crippen LogP contribution in [0.15, 0.2) is 12.3 Å². The highest BCUT2D eigenvalue weighted by atomic mass is 16.4. The van der Waals surface area contributed by atoms with Gasteiger partial charge < -0.3 is 16.2 Å². The molecule has 0 atom stereocenters. The van der Waals surface area contributed by atoms with Crippen LogP contribution in [0.3, 0.4) is 0 Å². The van der Waals surface area contributed by atoms with Gasteiger partial charge in [-0.2, -0.15) is 0 Å². The zero-order valence-electron chi connectivity index (χ0n) is 9.36. The van der Waals surface area contributed by atoms with E-state index in [1.165, 1.54) is 12.3 Å². The quantitative estimate of drug-likeness (QED) is 0.641. The Kier molecular flexibility index (Phi) is 4.57. The molecule has 1 rings (SSSR count). The fraction of sp³-hybridized carbons (Fsp3) is 0.455. The molecule has 1 heterocycles. The molecule has 0 fully saturated rings. The number of hydrogen-bond acceptors (Lipinski definition) is 4. The van der Waals surface area contributed by atoms with Crippen molar-refractivity contribution >= 4 is 17.5 Å². The number of carboxylic acid groups (broad SMARTS) is 1. The monoisotopic (exact) mass is 223 g/mol. The number of rotatable bonds is 6. The average Bonchev–Trinajstić information content (AvgIpc) is 2.26. The maximum atomic E-state index is 10.6. The molecule has 0 unspecified atom stereocenters. The molecule has 4 N–H and O–H groups in total. The summed E-state index contributed by atoms with van der Waals surface area (Å²) in [5.74, 6) is -0.460. The van der Waals surface area contributed by atoms with Gasteiger partial charge in [0.25, 0.3) is 0 Å². The fourth-order valence-electron chi connectivity index (χ4n) is 1.33. The molecule has 0 spiro atoms. The van der Waals surface area contributed by atoms with E-state index >= 15 is 0 Å². The third-order valence-electron chi connectivity index (χ3n) is 2.24. The van der Waals surface area contributed by atoms with Crippen LogP contribution in [0.5, 0.6) is 0 Å². The highest BCUT2D eigenvalue weighted by Gasteiger charge is 2.06. The zero-order valence-corrected chi connectivity index (χ0v) is 9.36. The van der Waals surface area contributed by atoms with Gasteiger partial charge in [-0.15, -0.1) is 0 Å². The molecule has 5 heteroatoms. The van der Waals surface area contributed by atoms with Crippen molar-refractivity contribution in [3.05, 3.63) is 17.8 Å². The normalized spacial score (nSPS) is 10.1. The minimum absolute atomic E-state index is 0.108. The summed E-state index contributed by atoms with van der Waals surface area (Å²) < 4.78 is 0. The third-order valence-corrected chi connectivity index (χ3v) is 2.24. The Morgan fingerprint density at radius 1 is 1.56 bits per heavy atom. The van der Waals surface area contributed by atoms with Crippen molar-refractivity contribution in [2.75, 3.05) is 17.6 Å². The number of nitrogens with two attached hydrogens (primary N) is 1. The van der Waals surface area contributed by atoms with E-state index in [9.17, 15) is 4.79 Å². The van der Waals surface area contributed by atoms with Crippen molar-refractivity contribution < 1.29 is 9.90 Å². The van der Waals surface area contributed by atoms with Crippen molar-refractivity contribution in [2.24, 2.45) is 0 Å². The third kappa shape index (κ3) is 3.42. The molecule has 1 aromatic rings. The minimum atomic E-state index is -1.02. The lowest BCUT2D eigenvalue weighted by Gasteiger charge is -2.08. The van der Waals surface area contributed by atoms with Gasteiger partial charge in [0.1, 0.15) is 5.82 Å². The Morgan fingerprint density at radius 3 is 2.88 bits per heavy atom. The largest absolute Gasteiger partial charge is 0.478 e. The first kappa shape index (κ1) is 12.3. The van der Waals surface area contributed by atoms with E-state index in [4.69, 9.17) is 10.8 Å². The van der Waals surface area contributed by atoms with E-state index in [2.05, 4.69) is 17.2 Å². The van der Waals surface area contributed by atoms with Gasteiger partial charge in [0, 0.05) is 12.7 Å². The molecule has 0 saturated carbocycles. The van der Waals surface area contributed by atoms with Gasteiger partial charge in [0.2, 0.25) is 0 Å². The van der Waals surface area contributed by atoms with Crippen LogP contribution in [0.2, 0.25) is 0 Å². The summed E-state index contributed by atoms with van der Waals surface area (Å²) in [6, 6.07) is 1.41. The molecule has 5 nitrogen and oxygen atoms in total. The Balaban J connectivity index is 2.57. The van der Waals surface area contributed by atoms with Crippen molar-refractivity contribution in [3.63, 3.8) is 0 Å². The number of aromatic carboxylic acids is 1. The van der Waals surface area contributed by atoms with Gasteiger partial charge >= 0.3 is 5.97 Å². The van der Waals surface area contributed by atoms with Gasteiger partial charge in [0.05, 0.1) is 11.3 Å². The van der Waals surface area contributed by atoms with Crippen molar-refractivity contribution in [1.82, 2.24) is 4.98 Å². The number of carboxylic acids is 1. The van der Waals surface area contributed by atoms with E-state index in [1.54, 1.807) is 0 Å². The molecule has 0 aliphatic carbocycles. The summed E-state index contributed by atoms with van der Waals surface area (Å²) in [6.07, 6.45) is 4.67. The van der Waals surface area contributed by atoms with Crippen LogP contribution in [0, 0.1) is 0 Å². The number of nitrogens with zero attached hydrogens (tertiary/aromatic N) is 1. The molecule has 88 valence electrons. The number of nitrogen functional groups attached to an aromatic ring is 1. The van der Waals surface area contributed by atoms with Crippen LogP contribution in [-0.4, -0.2) is 22.6 Å². The second-order valence-electron chi connectivity index (χ2n) is 3.60. The van der Waals surface area contributed by atoms with Gasteiger partial charge in [0.15, 0.2) is 0 Å². The van der Waals surface area contributed by atoms with Gasteiger partial charge in [-0.1, -0.05) is 19.8 Å². The van der Waals surface area contributed by atoms with Gasteiger partial charge in [-0.05, 0) is 12.5 Å². The zero-order chi connectivity index (χ0) is 12.0. The van der Waals surface area contributed by atoms with Crippen LogP contribution < -0.4 is 11.1 Å². The number of aromatic nitrogens is 1. The summed E-state index contributed by atoms with van der Waals surface area (Å²) in [6.45, 7) is 2.94. The maximum Gasteiger partial charge on any atom is 0.337 e. The van der Waals surface area contributed by atoms with E-state index in [1.807, 2.05) is 0 Å². The molecular weight excluding hydrogens is 206 g/mol. The summed E-state index contributed by atoms with van der Waals surface area (Å²) in [5, 5.41) is 11.8. The SMILES string of the molecule is CCCCCNc1ncc(C(=O)O)cc1N. The molecule has 0 bridgehead atoms. The molecule has 0 aliphatic heterocycles. The van der Waals surface area contributed by atoms with Crippen LogP contribution in [0.25, 0.3) is 0 Å². The van der Waals surface area contributed by atoms with Crippen LogP contribution in [-0.2, 0) is 0 Å². The molecule has 16 heavy (non-hydrogen) atoms. The number of pyridine rings is 1. The summed E-state index contributed by atoms with van der Waals surface area (Å²) >= 11 is 0. The summed E-state index contributed by atoms with van der Waals surface area (Å²) in [4.78, 5) is 14.6. The first-order valence-electron chi connectivity index (χ1n) is 5.37. The van der Waals surface area contributed by atoms with E-state index in [0.717, 1.165) is 25.8 Å². The molecule has 0 aromatic carbocycles. The summed E-state index contributed by atoms with van der Waals surface area (Å²) in [7, 11) is 0. The first-order valence-corrected chi connectivity index (χ1v) is 5.37. The second-order valence-corrected chi connectivity index (χ2v) is 3.60. The van der Waals surface area contributed by atoms with E-state index < -0.39 is 5.97 Å². The van der Waals surface area contributed by atoms with Crippen molar-refractivity contribution in [3.8, 4) is 0 Å². The lowest BCUT2D eigenvalue weighted by molar-refractivity contribution is 0.0696. The Bertz CT molecular complexity index is 366. The first-order chi connectivity index (χ1) is 7.65. The lowest BCUT2D eigenvalue weighted by atomic mass is 10.2.